The summed E-state index contributed by atoms with van der Waals surface area (Å²) in [6.45, 7) is 0.586. The Labute approximate surface area is 94.6 Å². The number of ether oxygens (including phenoxy) is 1. The molecule has 0 radical (unpaired) electrons. The SMILES string of the molecule is NC(=O)C1CC(c2ccc(N)cc2)CCO1. The third kappa shape index (κ3) is 2.33. The predicted molar refractivity (Wildman–Crippen MR) is 61.8 cm³/mol. The lowest BCUT2D eigenvalue weighted by molar-refractivity contribution is -0.132. The van der Waals surface area contributed by atoms with Crippen LogP contribution in [-0.2, 0) is 9.53 Å². The lowest BCUT2D eigenvalue weighted by Crippen LogP contribution is -2.36. The van der Waals surface area contributed by atoms with Crippen molar-refractivity contribution < 1.29 is 9.53 Å². The molecule has 4 nitrogen and oxygen atoms in total. The molecule has 1 amide bonds. The highest BCUT2D eigenvalue weighted by Gasteiger charge is 2.27. The van der Waals surface area contributed by atoms with E-state index in [1.54, 1.807) is 0 Å². The van der Waals surface area contributed by atoms with Gasteiger partial charge >= 0.3 is 0 Å². The zero-order valence-electron chi connectivity index (χ0n) is 9.06. The topological polar surface area (TPSA) is 78.3 Å². The van der Waals surface area contributed by atoms with Crippen LogP contribution in [0.2, 0.25) is 0 Å². The van der Waals surface area contributed by atoms with Gasteiger partial charge in [-0.15, -0.1) is 0 Å². The Bertz CT molecular complexity index is 375. The normalized spacial score (nSPS) is 25.2. The lowest BCUT2D eigenvalue weighted by atomic mass is 9.88. The molecule has 1 saturated heterocycles. The molecule has 1 fully saturated rings. The second-order valence-corrected chi connectivity index (χ2v) is 4.15. The monoisotopic (exact) mass is 220 g/mol. The van der Waals surface area contributed by atoms with Gasteiger partial charge in [-0.2, -0.15) is 0 Å². The Morgan fingerprint density at radius 3 is 2.62 bits per heavy atom. The first kappa shape index (κ1) is 11.0. The Kier molecular flexibility index (Phi) is 3.10. The molecule has 0 saturated carbocycles. The van der Waals surface area contributed by atoms with Gasteiger partial charge < -0.3 is 16.2 Å². The fourth-order valence-corrected chi connectivity index (χ4v) is 2.07. The number of carbonyl (C=O) groups excluding carboxylic acids is 1. The summed E-state index contributed by atoms with van der Waals surface area (Å²) in [4.78, 5) is 11.1. The molecule has 2 rings (SSSR count). The molecule has 4 N–H and O–H groups in total. The summed E-state index contributed by atoms with van der Waals surface area (Å²) in [5.41, 5.74) is 12.8. The van der Waals surface area contributed by atoms with Gasteiger partial charge in [-0.25, -0.2) is 0 Å². The molecule has 1 heterocycles. The van der Waals surface area contributed by atoms with E-state index >= 15 is 0 Å². The number of hydrogen-bond acceptors (Lipinski definition) is 3. The molecule has 16 heavy (non-hydrogen) atoms. The highest BCUT2D eigenvalue weighted by atomic mass is 16.5. The molecule has 86 valence electrons. The number of amides is 1. The second-order valence-electron chi connectivity index (χ2n) is 4.15. The summed E-state index contributed by atoms with van der Waals surface area (Å²) in [5, 5.41) is 0. The Morgan fingerprint density at radius 1 is 1.31 bits per heavy atom. The molecule has 0 bridgehead atoms. The fourth-order valence-electron chi connectivity index (χ4n) is 2.07. The van der Waals surface area contributed by atoms with E-state index in [2.05, 4.69) is 0 Å². The smallest absolute Gasteiger partial charge is 0.246 e. The maximum atomic E-state index is 11.1. The summed E-state index contributed by atoms with van der Waals surface area (Å²) < 4.78 is 5.32. The average Bonchev–Trinajstić information content (AvgIpc) is 2.30. The van der Waals surface area contributed by atoms with Crippen LogP contribution in [0.3, 0.4) is 0 Å². The molecule has 1 aromatic carbocycles. The number of nitrogens with two attached hydrogens (primary N) is 2. The minimum Gasteiger partial charge on any atom is -0.399 e. The largest absolute Gasteiger partial charge is 0.399 e. The summed E-state index contributed by atoms with van der Waals surface area (Å²) in [7, 11) is 0. The van der Waals surface area contributed by atoms with Crippen molar-refractivity contribution in [2.24, 2.45) is 5.73 Å². The van der Waals surface area contributed by atoms with Gasteiger partial charge in [-0.1, -0.05) is 12.1 Å². The van der Waals surface area contributed by atoms with E-state index in [1.165, 1.54) is 5.56 Å². The number of benzene rings is 1. The van der Waals surface area contributed by atoms with E-state index < -0.39 is 6.10 Å². The minimum atomic E-state index is -0.448. The van der Waals surface area contributed by atoms with Gasteiger partial charge in [0.05, 0.1) is 0 Å². The minimum absolute atomic E-state index is 0.340. The molecule has 2 unspecified atom stereocenters. The number of primary amides is 1. The molecule has 2 atom stereocenters. The first-order chi connectivity index (χ1) is 7.66. The van der Waals surface area contributed by atoms with Crippen molar-refractivity contribution in [2.75, 3.05) is 12.3 Å². The molecule has 1 aliphatic rings. The first-order valence-electron chi connectivity index (χ1n) is 5.43. The molecular formula is C12H16N2O2. The molecule has 0 spiro atoms. The van der Waals surface area contributed by atoms with Crippen molar-refractivity contribution in [3.8, 4) is 0 Å². The molecular weight excluding hydrogens is 204 g/mol. The fraction of sp³-hybridized carbons (Fsp3) is 0.417. The molecule has 0 aliphatic carbocycles. The van der Waals surface area contributed by atoms with Crippen molar-refractivity contribution in [1.29, 1.82) is 0 Å². The van der Waals surface area contributed by atoms with Crippen LogP contribution in [-0.4, -0.2) is 18.6 Å². The van der Waals surface area contributed by atoms with Crippen LogP contribution >= 0.6 is 0 Å². The van der Waals surface area contributed by atoms with E-state index in [0.717, 1.165) is 12.1 Å². The number of nitrogen functional groups attached to an aromatic ring is 1. The Hall–Kier alpha value is -1.55. The predicted octanol–water partition coefficient (Wildman–Crippen LogP) is 1.02. The van der Waals surface area contributed by atoms with Gasteiger partial charge in [-0.3, -0.25) is 4.79 Å². The van der Waals surface area contributed by atoms with Crippen molar-refractivity contribution in [3.05, 3.63) is 29.8 Å². The Balaban J connectivity index is 2.09. The summed E-state index contributed by atoms with van der Waals surface area (Å²) in [5.74, 6) is -0.0352. The van der Waals surface area contributed by atoms with E-state index in [-0.39, 0.29) is 5.91 Å². The number of anilines is 1. The van der Waals surface area contributed by atoms with Crippen molar-refractivity contribution in [1.82, 2.24) is 0 Å². The van der Waals surface area contributed by atoms with Crippen LogP contribution in [0.4, 0.5) is 5.69 Å². The molecule has 1 aliphatic heterocycles. The highest BCUT2D eigenvalue weighted by molar-refractivity contribution is 5.79. The number of carbonyl (C=O) groups is 1. The lowest BCUT2D eigenvalue weighted by Gasteiger charge is -2.27. The maximum Gasteiger partial charge on any atom is 0.246 e. The van der Waals surface area contributed by atoms with E-state index in [9.17, 15) is 4.79 Å². The zero-order chi connectivity index (χ0) is 11.5. The van der Waals surface area contributed by atoms with Crippen molar-refractivity contribution >= 4 is 11.6 Å². The van der Waals surface area contributed by atoms with Gasteiger partial charge in [0.1, 0.15) is 6.10 Å². The van der Waals surface area contributed by atoms with Crippen LogP contribution in [0, 0.1) is 0 Å². The quantitative estimate of drug-likeness (QED) is 0.730. The van der Waals surface area contributed by atoms with E-state index in [1.807, 2.05) is 24.3 Å². The van der Waals surface area contributed by atoms with Crippen LogP contribution in [0.15, 0.2) is 24.3 Å². The van der Waals surface area contributed by atoms with E-state index in [0.29, 0.717) is 18.9 Å². The van der Waals surface area contributed by atoms with Crippen LogP contribution in [0.25, 0.3) is 0 Å². The van der Waals surface area contributed by atoms with Crippen LogP contribution in [0.1, 0.15) is 24.3 Å². The maximum absolute atomic E-state index is 11.1. The zero-order valence-corrected chi connectivity index (χ0v) is 9.06. The van der Waals surface area contributed by atoms with Crippen molar-refractivity contribution in [3.63, 3.8) is 0 Å². The summed E-state index contributed by atoms with van der Waals surface area (Å²) in [6, 6.07) is 7.76. The first-order valence-corrected chi connectivity index (χ1v) is 5.43. The number of hydrogen-bond donors (Lipinski definition) is 2. The van der Waals surface area contributed by atoms with Gasteiger partial charge in [0.15, 0.2) is 0 Å². The second kappa shape index (κ2) is 4.53. The third-order valence-corrected chi connectivity index (χ3v) is 3.01. The summed E-state index contributed by atoms with van der Waals surface area (Å²) in [6.07, 6.45) is 1.14. The van der Waals surface area contributed by atoms with Gasteiger partial charge in [0.25, 0.3) is 0 Å². The number of rotatable bonds is 2. The summed E-state index contributed by atoms with van der Waals surface area (Å²) >= 11 is 0. The van der Waals surface area contributed by atoms with Crippen molar-refractivity contribution in [2.45, 2.75) is 24.9 Å². The van der Waals surface area contributed by atoms with E-state index in [4.69, 9.17) is 16.2 Å². The molecule has 0 aromatic heterocycles. The Morgan fingerprint density at radius 2 is 2.00 bits per heavy atom. The van der Waals surface area contributed by atoms with Gasteiger partial charge in [0, 0.05) is 12.3 Å². The standard InChI is InChI=1S/C12H16N2O2/c13-10-3-1-8(2-4-10)9-5-6-16-11(7-9)12(14)15/h1-4,9,11H,5-7,13H2,(H2,14,15). The molecule has 1 aromatic rings. The third-order valence-electron chi connectivity index (χ3n) is 3.01. The van der Waals surface area contributed by atoms with Gasteiger partial charge in [0.2, 0.25) is 5.91 Å². The van der Waals surface area contributed by atoms with Crippen LogP contribution in [0.5, 0.6) is 0 Å². The van der Waals surface area contributed by atoms with Crippen LogP contribution < -0.4 is 11.5 Å². The highest BCUT2D eigenvalue weighted by Crippen LogP contribution is 2.30. The van der Waals surface area contributed by atoms with Gasteiger partial charge in [-0.05, 0) is 36.5 Å². The molecule has 4 heteroatoms. The average molecular weight is 220 g/mol.